The zero-order valence-electron chi connectivity index (χ0n) is 9.75. The number of imidazole rings is 1. The molecule has 2 N–H and O–H groups in total. The highest BCUT2D eigenvalue weighted by atomic mass is 32.8. The van der Waals surface area contributed by atoms with Crippen LogP contribution in [0.3, 0.4) is 0 Å². The van der Waals surface area contributed by atoms with Gasteiger partial charge in [0.25, 0.3) is 0 Å². The molecule has 1 aromatic carbocycles. The molecule has 0 bridgehead atoms. The van der Waals surface area contributed by atoms with Gasteiger partial charge in [0.1, 0.15) is 21.5 Å². The van der Waals surface area contributed by atoms with Gasteiger partial charge >= 0.3 is 0 Å². The molecule has 8 heteroatoms. The number of fused-ring (bicyclic) bond motifs is 1. The van der Waals surface area contributed by atoms with Crippen LogP contribution >= 0.6 is 0 Å². The number of nitrogens with zero attached hydrogens (tertiary/aromatic N) is 3. The van der Waals surface area contributed by atoms with Gasteiger partial charge in [0.2, 0.25) is 0 Å². The van der Waals surface area contributed by atoms with Crippen LogP contribution in [0.25, 0.3) is 11.2 Å². The average Bonchev–Trinajstić information content (AvgIpc) is 2.89. The van der Waals surface area contributed by atoms with Gasteiger partial charge in [0, 0.05) is 11.2 Å². The van der Waals surface area contributed by atoms with E-state index >= 15 is 0 Å². The third kappa shape index (κ3) is 7.19. The van der Waals surface area contributed by atoms with Gasteiger partial charge in [0.05, 0.1) is 12.5 Å². The Morgan fingerprint density at radius 2 is 1.63 bits per heavy atom. The number of thiol groups is 1. The van der Waals surface area contributed by atoms with Crippen molar-refractivity contribution in [3.63, 3.8) is 0 Å². The standard InChI is InChI=1S/C6H6.C5H4N4.H2O2S2/c1-2-4-6-5-3-1;1-4-5(8-2-6-1)9-3-7-4;1-4(2)3/h1-6H;1-3H,(H,6,7,8,9);4H,(H,1,2,3). The van der Waals surface area contributed by atoms with Crippen LogP contribution in [-0.4, -0.2) is 28.7 Å². The van der Waals surface area contributed by atoms with Crippen molar-refractivity contribution >= 4 is 32.0 Å². The molecule has 2 aromatic heterocycles. The zero-order valence-corrected chi connectivity index (χ0v) is 11.5. The van der Waals surface area contributed by atoms with Crippen molar-refractivity contribution < 1.29 is 8.76 Å². The molecule has 0 amide bonds. The molecule has 0 saturated carbocycles. The fourth-order valence-corrected chi connectivity index (χ4v) is 1.08. The first kappa shape index (κ1) is 15.2. The highest BCUT2D eigenvalue weighted by Crippen LogP contribution is 1.99. The van der Waals surface area contributed by atoms with Gasteiger partial charge in [-0.3, -0.25) is 0 Å². The maximum atomic E-state index is 8.96. The minimum Gasteiger partial charge on any atom is -0.342 e. The molecular weight excluding hydrogens is 284 g/mol. The Labute approximate surface area is 116 Å². The molecule has 0 aliphatic rings. The van der Waals surface area contributed by atoms with Crippen LogP contribution in [-0.2, 0) is 20.8 Å². The lowest BCUT2D eigenvalue weighted by atomic mass is 10.4. The Kier molecular flexibility index (Phi) is 7.25. The minimum absolute atomic E-state index is 0.713. The summed E-state index contributed by atoms with van der Waals surface area (Å²) in [6.07, 6.45) is 4.76. The normalized spacial score (nSPS) is 10.6. The molecule has 0 radical (unpaired) electrons. The van der Waals surface area contributed by atoms with Crippen molar-refractivity contribution in [2.75, 3.05) is 0 Å². The summed E-state index contributed by atoms with van der Waals surface area (Å²) >= 11 is 3.69. The average molecular weight is 296 g/mol. The van der Waals surface area contributed by atoms with E-state index in [1.165, 1.54) is 6.33 Å². The van der Waals surface area contributed by atoms with E-state index in [-0.39, 0.29) is 0 Å². The Bertz CT molecular complexity index is 591. The van der Waals surface area contributed by atoms with E-state index in [2.05, 4.69) is 31.1 Å². The summed E-state index contributed by atoms with van der Waals surface area (Å²) in [6, 6.07) is 12.0. The molecule has 0 saturated heterocycles. The Hall–Kier alpha value is -1.90. The van der Waals surface area contributed by atoms with Gasteiger partial charge in [-0.05, 0) is 0 Å². The molecular formula is C11H12N4O2S2. The summed E-state index contributed by atoms with van der Waals surface area (Å²) in [5.41, 5.74) is 1.59. The van der Waals surface area contributed by atoms with Gasteiger partial charge in [0.15, 0.2) is 5.65 Å². The van der Waals surface area contributed by atoms with E-state index in [9.17, 15) is 0 Å². The molecule has 19 heavy (non-hydrogen) atoms. The van der Waals surface area contributed by atoms with Crippen LogP contribution in [0.5, 0.6) is 0 Å². The largest absolute Gasteiger partial charge is 0.342 e. The first-order valence-electron chi connectivity index (χ1n) is 5.12. The molecule has 0 fully saturated rings. The molecule has 1 unspecified atom stereocenters. The van der Waals surface area contributed by atoms with Crippen LogP contribution in [0.4, 0.5) is 0 Å². The lowest BCUT2D eigenvalue weighted by Crippen LogP contribution is -1.76. The van der Waals surface area contributed by atoms with E-state index in [1.54, 1.807) is 12.5 Å². The molecule has 2 heterocycles. The maximum absolute atomic E-state index is 8.96. The minimum atomic E-state index is -2.29. The number of aromatic amines is 1. The Balaban J connectivity index is 0.000000158. The van der Waals surface area contributed by atoms with Gasteiger partial charge in [-0.25, -0.2) is 19.2 Å². The van der Waals surface area contributed by atoms with Gasteiger partial charge < -0.3 is 9.54 Å². The van der Waals surface area contributed by atoms with E-state index in [4.69, 9.17) is 8.76 Å². The smallest absolute Gasteiger partial charge is 0.180 e. The SMILES string of the molecule is O=[SH](O)=S.c1ccccc1.c1ncc2[nH]cnc2n1. The number of hydrogen-bond acceptors (Lipinski definition) is 5. The molecule has 0 aliphatic carbocycles. The van der Waals surface area contributed by atoms with Crippen molar-refractivity contribution in [2.45, 2.75) is 0 Å². The summed E-state index contributed by atoms with van der Waals surface area (Å²) in [5, 5.41) is 0. The van der Waals surface area contributed by atoms with Crippen molar-refractivity contribution in [1.82, 2.24) is 19.9 Å². The van der Waals surface area contributed by atoms with Crippen LogP contribution in [0.2, 0.25) is 0 Å². The number of hydrogen-bond donors (Lipinski definition) is 3. The van der Waals surface area contributed by atoms with Crippen molar-refractivity contribution in [3.8, 4) is 0 Å². The number of nitrogens with one attached hydrogen (secondary N) is 1. The topological polar surface area (TPSA) is 91.8 Å². The quantitative estimate of drug-likeness (QED) is 0.544. The second-order valence-corrected chi connectivity index (χ2v) is 4.47. The summed E-state index contributed by atoms with van der Waals surface area (Å²) in [4.78, 5) is 14.5. The molecule has 0 aliphatic heterocycles. The molecule has 0 spiro atoms. The van der Waals surface area contributed by atoms with E-state index in [1.807, 2.05) is 36.4 Å². The van der Waals surface area contributed by atoms with Crippen LogP contribution in [0.1, 0.15) is 0 Å². The maximum Gasteiger partial charge on any atom is 0.180 e. The van der Waals surface area contributed by atoms with E-state index in [0.29, 0.717) is 5.65 Å². The van der Waals surface area contributed by atoms with E-state index < -0.39 is 9.64 Å². The Morgan fingerprint density at radius 3 is 2.11 bits per heavy atom. The van der Waals surface area contributed by atoms with Crippen LogP contribution < -0.4 is 0 Å². The lowest BCUT2D eigenvalue weighted by Gasteiger charge is -1.80. The number of H-pyrrole nitrogens is 1. The summed E-state index contributed by atoms with van der Waals surface area (Å²) in [6.45, 7) is 0. The third-order valence-electron chi connectivity index (χ3n) is 1.76. The van der Waals surface area contributed by atoms with Gasteiger partial charge in [-0.1, -0.05) is 36.4 Å². The van der Waals surface area contributed by atoms with Gasteiger partial charge in [-0.15, -0.1) is 0 Å². The zero-order chi connectivity index (χ0) is 13.9. The number of benzene rings is 1. The molecule has 6 nitrogen and oxygen atoms in total. The predicted octanol–water partition coefficient (Wildman–Crippen LogP) is 1.44. The van der Waals surface area contributed by atoms with Crippen LogP contribution in [0.15, 0.2) is 55.2 Å². The molecule has 3 aromatic rings. The first-order valence-corrected chi connectivity index (χ1v) is 7.35. The summed E-state index contributed by atoms with van der Waals surface area (Å²) in [5.74, 6) is 0. The third-order valence-corrected chi connectivity index (χ3v) is 1.76. The fraction of sp³-hybridized carbons (Fsp3) is 0. The number of aromatic nitrogens is 4. The van der Waals surface area contributed by atoms with Crippen molar-refractivity contribution in [2.24, 2.45) is 0 Å². The first-order chi connectivity index (χ1) is 9.20. The fourth-order valence-electron chi connectivity index (χ4n) is 1.08. The summed E-state index contributed by atoms with van der Waals surface area (Å²) < 4.78 is 16.3. The monoisotopic (exact) mass is 296 g/mol. The van der Waals surface area contributed by atoms with Crippen LogP contribution in [0, 0.1) is 0 Å². The number of rotatable bonds is 0. The second kappa shape index (κ2) is 9.09. The van der Waals surface area contributed by atoms with Crippen molar-refractivity contribution in [3.05, 3.63) is 55.2 Å². The van der Waals surface area contributed by atoms with Crippen molar-refractivity contribution in [1.29, 1.82) is 0 Å². The molecule has 1 atom stereocenters. The lowest BCUT2D eigenvalue weighted by molar-refractivity contribution is 0.583. The summed E-state index contributed by atoms with van der Waals surface area (Å²) in [7, 11) is -2.29. The highest BCUT2D eigenvalue weighted by molar-refractivity contribution is 8.18. The van der Waals surface area contributed by atoms with Gasteiger partial charge in [-0.2, -0.15) is 0 Å². The second-order valence-electron chi connectivity index (χ2n) is 3.06. The Morgan fingerprint density at radius 1 is 1.11 bits per heavy atom. The predicted molar refractivity (Wildman–Crippen MR) is 77.7 cm³/mol. The molecule has 3 rings (SSSR count). The highest BCUT2D eigenvalue weighted by Gasteiger charge is 1.91. The van der Waals surface area contributed by atoms with E-state index in [0.717, 1.165) is 5.52 Å². The molecule has 100 valence electrons.